The average molecular weight is 740 g/mol. The Morgan fingerprint density at radius 2 is 1.69 bits per heavy atom. The van der Waals surface area contributed by atoms with E-state index in [0.29, 0.717) is 70.7 Å². The second-order valence-corrected chi connectivity index (χ2v) is 16.3. The third-order valence-corrected chi connectivity index (χ3v) is 10.4. The fourth-order valence-electron chi connectivity index (χ4n) is 7.96. The van der Waals surface area contributed by atoms with Gasteiger partial charge in [-0.2, -0.15) is 4.68 Å². The van der Waals surface area contributed by atoms with Gasteiger partial charge in [0.25, 0.3) is 0 Å². The zero-order valence-electron chi connectivity index (χ0n) is 31.8. The van der Waals surface area contributed by atoms with E-state index in [1.54, 1.807) is 67.9 Å². The highest BCUT2D eigenvalue weighted by Gasteiger charge is 2.68. The standard InChI is InChI=1S/C39H45N7O8/c1-37(2,3)53-35(48)45-28-14-12-23(50-7)16-26(28)39(34(45)47)17-27(39)21-9-13-25-29(15-21)46(36(49)54-38(4,5)6)43-31(25)42-32-30(51-8)33(41-20-40-32)44-18-24-11-10-22(44)19-52-24/h9,12-16,20,22,24,27H,10-11,17-19H2,1-8H3,(H,40,41,42,43)/t22?,24?,27-,39-/m0/s1. The summed E-state index contributed by atoms with van der Waals surface area (Å²) in [4.78, 5) is 54.0. The van der Waals surface area contributed by atoms with E-state index in [2.05, 4.69) is 20.2 Å². The summed E-state index contributed by atoms with van der Waals surface area (Å²) in [5.74, 6) is 1.72. The first-order valence-corrected chi connectivity index (χ1v) is 18.2. The first kappa shape index (κ1) is 35.6. The minimum Gasteiger partial charge on any atom is -0.497 e. The van der Waals surface area contributed by atoms with Crippen LogP contribution in [0.3, 0.4) is 0 Å². The molecule has 2 unspecified atom stereocenters. The summed E-state index contributed by atoms with van der Waals surface area (Å²) in [6.07, 6.45) is 2.65. The van der Waals surface area contributed by atoms with Crippen LogP contribution in [0.4, 0.5) is 32.7 Å². The number of morpholine rings is 1. The molecule has 15 heteroatoms. The van der Waals surface area contributed by atoms with Gasteiger partial charge < -0.3 is 33.9 Å². The van der Waals surface area contributed by atoms with Gasteiger partial charge in [0.15, 0.2) is 17.5 Å². The van der Waals surface area contributed by atoms with Crippen molar-refractivity contribution in [3.8, 4) is 11.5 Å². The molecule has 2 amide bonds. The molecule has 6 heterocycles. The predicted octanol–water partition coefficient (Wildman–Crippen LogP) is 6.44. The molecule has 1 N–H and O–H groups in total. The summed E-state index contributed by atoms with van der Waals surface area (Å²) in [5.41, 5.74) is -0.234. The number of amides is 2. The third-order valence-electron chi connectivity index (χ3n) is 10.4. The molecular weight excluding hydrogens is 694 g/mol. The van der Waals surface area contributed by atoms with Gasteiger partial charge in [0.2, 0.25) is 11.7 Å². The van der Waals surface area contributed by atoms with E-state index >= 15 is 0 Å². The number of carbonyl (C=O) groups is 3. The van der Waals surface area contributed by atoms with Crippen LogP contribution in [0.5, 0.6) is 11.5 Å². The van der Waals surface area contributed by atoms with Crippen molar-refractivity contribution >= 4 is 52.1 Å². The molecule has 1 spiro atoms. The van der Waals surface area contributed by atoms with Crippen LogP contribution in [0.25, 0.3) is 10.9 Å². The summed E-state index contributed by atoms with van der Waals surface area (Å²) in [6.45, 7) is 12.0. The van der Waals surface area contributed by atoms with Crippen molar-refractivity contribution in [2.24, 2.45) is 0 Å². The van der Waals surface area contributed by atoms with E-state index in [1.165, 1.54) is 11.0 Å². The van der Waals surface area contributed by atoms with Gasteiger partial charge in [0.1, 0.15) is 23.3 Å². The van der Waals surface area contributed by atoms with E-state index in [-0.39, 0.29) is 24.0 Å². The molecule has 4 aromatic rings. The summed E-state index contributed by atoms with van der Waals surface area (Å²) < 4.78 is 30.0. The van der Waals surface area contributed by atoms with Crippen molar-refractivity contribution in [3.63, 3.8) is 0 Å². The number of carbonyl (C=O) groups excluding carboxylic acids is 3. The Labute approximate surface area is 312 Å². The number of nitrogens with one attached hydrogen (secondary N) is 1. The molecule has 4 aliphatic heterocycles. The molecular formula is C39H45N7O8. The van der Waals surface area contributed by atoms with Crippen LogP contribution in [0, 0.1) is 0 Å². The molecule has 2 bridgehead atoms. The molecule has 284 valence electrons. The van der Waals surface area contributed by atoms with E-state index in [9.17, 15) is 14.4 Å². The number of aromatic nitrogens is 4. The molecule has 4 atom stereocenters. The Balaban J connectivity index is 1.18. The lowest BCUT2D eigenvalue weighted by Crippen LogP contribution is -2.55. The van der Waals surface area contributed by atoms with Crippen LogP contribution in [-0.2, 0) is 24.4 Å². The van der Waals surface area contributed by atoms with Gasteiger partial charge in [-0.3, -0.25) is 4.79 Å². The number of fused-ring (bicyclic) bond motifs is 6. The van der Waals surface area contributed by atoms with Gasteiger partial charge in [-0.1, -0.05) is 6.07 Å². The number of rotatable bonds is 6. The van der Waals surface area contributed by atoms with Crippen LogP contribution in [0.2, 0.25) is 0 Å². The van der Waals surface area contributed by atoms with Gasteiger partial charge in [-0.15, -0.1) is 5.10 Å². The summed E-state index contributed by atoms with van der Waals surface area (Å²) in [6, 6.07) is 11.1. The maximum absolute atomic E-state index is 14.4. The smallest absolute Gasteiger partial charge is 0.435 e. The minimum atomic E-state index is -1.03. The topological polar surface area (TPSA) is 159 Å². The lowest BCUT2D eigenvalue weighted by atomic mass is 9.91. The highest BCUT2D eigenvalue weighted by atomic mass is 16.6. The second kappa shape index (κ2) is 12.6. The lowest BCUT2D eigenvalue weighted by Gasteiger charge is -2.45. The SMILES string of the molecule is COc1ccc2c(c1)[C@]1(C[C@H]1c1ccc3c(Nc4ncnc(N5CC6CCC5CO6)c4OC)nn(C(=O)OC(C)(C)C)c3c1)C(=O)N2C(=O)OC(C)(C)C. The summed E-state index contributed by atoms with van der Waals surface area (Å²) in [7, 11) is 3.13. The highest BCUT2D eigenvalue weighted by molar-refractivity contribution is 6.23. The Hall–Kier alpha value is -5.44. The first-order chi connectivity index (χ1) is 25.6. The minimum absolute atomic E-state index is 0.134. The number of ether oxygens (including phenoxy) is 5. The zero-order chi connectivity index (χ0) is 38.3. The van der Waals surface area contributed by atoms with E-state index in [1.807, 2.05) is 24.3 Å². The van der Waals surface area contributed by atoms with Gasteiger partial charge in [0, 0.05) is 17.8 Å². The second-order valence-electron chi connectivity index (χ2n) is 16.3. The number of nitrogens with zero attached hydrogens (tertiary/aromatic N) is 6. The van der Waals surface area contributed by atoms with Gasteiger partial charge >= 0.3 is 12.2 Å². The average Bonchev–Trinajstić information content (AvgIpc) is 3.71. The van der Waals surface area contributed by atoms with Crippen molar-refractivity contribution in [3.05, 3.63) is 53.9 Å². The van der Waals surface area contributed by atoms with Gasteiger partial charge in [-0.25, -0.2) is 24.5 Å². The molecule has 0 radical (unpaired) electrons. The number of hydrogen-bond donors (Lipinski definition) is 1. The highest BCUT2D eigenvalue weighted by Crippen LogP contribution is 2.67. The monoisotopic (exact) mass is 739 g/mol. The zero-order valence-corrected chi connectivity index (χ0v) is 31.8. The maximum atomic E-state index is 14.4. The quantitative estimate of drug-likeness (QED) is 0.230. The molecule has 1 saturated carbocycles. The number of hydrogen-bond acceptors (Lipinski definition) is 13. The Morgan fingerprint density at radius 1 is 0.926 bits per heavy atom. The van der Waals surface area contributed by atoms with Crippen LogP contribution in [-0.4, -0.2) is 88.6 Å². The fraction of sp³-hybridized carbons (Fsp3) is 0.487. The molecule has 2 aromatic heterocycles. The van der Waals surface area contributed by atoms with Crippen LogP contribution in [0.15, 0.2) is 42.7 Å². The molecule has 4 fully saturated rings. The van der Waals surface area contributed by atoms with E-state index in [4.69, 9.17) is 28.8 Å². The van der Waals surface area contributed by atoms with Crippen molar-refractivity contribution < 1.29 is 38.1 Å². The Bertz CT molecular complexity index is 2180. The van der Waals surface area contributed by atoms with E-state index in [0.717, 1.165) is 23.3 Å². The van der Waals surface area contributed by atoms with E-state index < -0.39 is 28.8 Å². The largest absolute Gasteiger partial charge is 0.497 e. The molecule has 5 aliphatic rings. The van der Waals surface area contributed by atoms with Gasteiger partial charge in [0.05, 0.1) is 49.6 Å². The number of benzene rings is 2. The first-order valence-electron chi connectivity index (χ1n) is 18.2. The molecule has 2 aromatic carbocycles. The third kappa shape index (κ3) is 5.94. The number of methoxy groups -OCH3 is 2. The number of anilines is 4. The lowest BCUT2D eigenvalue weighted by molar-refractivity contribution is -0.120. The Morgan fingerprint density at radius 3 is 2.33 bits per heavy atom. The number of imide groups is 1. The van der Waals surface area contributed by atoms with Crippen LogP contribution in [0.1, 0.15) is 77.8 Å². The molecule has 3 saturated heterocycles. The van der Waals surface area contributed by atoms with Crippen molar-refractivity contribution in [2.75, 3.05) is 42.5 Å². The van der Waals surface area contributed by atoms with Crippen LogP contribution >= 0.6 is 0 Å². The fourth-order valence-corrected chi connectivity index (χ4v) is 7.96. The Kier molecular flexibility index (Phi) is 8.28. The molecule has 1 aliphatic carbocycles. The van der Waals surface area contributed by atoms with Crippen molar-refractivity contribution in [2.45, 2.75) is 95.5 Å². The van der Waals surface area contributed by atoms with Gasteiger partial charge in [-0.05, 0) is 102 Å². The molecule has 15 nitrogen and oxygen atoms in total. The maximum Gasteiger partial charge on any atom is 0.435 e. The number of piperidine rings is 1. The normalized spacial score (nSPS) is 23.1. The summed E-state index contributed by atoms with van der Waals surface area (Å²) in [5, 5.41) is 8.63. The van der Waals surface area contributed by atoms with Crippen LogP contribution < -0.4 is 24.6 Å². The summed E-state index contributed by atoms with van der Waals surface area (Å²) >= 11 is 0. The predicted molar refractivity (Wildman–Crippen MR) is 199 cm³/mol. The molecule has 9 rings (SSSR count). The van der Waals surface area contributed by atoms with Crippen molar-refractivity contribution in [1.29, 1.82) is 0 Å². The van der Waals surface area contributed by atoms with Crippen molar-refractivity contribution in [1.82, 2.24) is 19.7 Å². The molecule has 54 heavy (non-hydrogen) atoms.